The number of hydrogen-bond acceptors (Lipinski definition) is 2. The van der Waals surface area contributed by atoms with E-state index in [1.54, 1.807) is 0 Å². The van der Waals surface area contributed by atoms with E-state index < -0.39 is 38.4 Å². The van der Waals surface area contributed by atoms with Crippen LogP contribution in [0.25, 0.3) is 0 Å². The SMILES string of the molecule is C=C(F)CCBr.C=C(F)CCO.C=C(F)CCO[Si](C)(C)C.C=C(F)CC[SiH](C)C.C=C(F)C[CH2-].C[SiH](C)Cl.C[Si](C)(C)Cl.[Br-].[Mg+2]. The van der Waals surface area contributed by atoms with Crippen LogP contribution in [-0.2, 0) is 4.43 Å². The fourth-order valence-corrected chi connectivity index (χ4v) is 3.17. The minimum absolute atomic E-state index is 0. The van der Waals surface area contributed by atoms with Crippen LogP contribution in [0.1, 0.15) is 32.1 Å². The van der Waals surface area contributed by atoms with Crippen molar-refractivity contribution in [2.24, 2.45) is 0 Å². The fraction of sp³-hybridized carbons (Fsp3) is 0.633. The summed E-state index contributed by atoms with van der Waals surface area (Å²) in [5.41, 5.74) is 0. The number of allylic oxidation sites excluding steroid dienone is 3. The summed E-state index contributed by atoms with van der Waals surface area (Å²) in [7, 11) is -3.76. The molecule has 0 amide bonds. The number of aliphatic hydroxyl groups is 1. The van der Waals surface area contributed by atoms with E-state index in [-0.39, 0.29) is 82.8 Å². The first kappa shape index (κ1) is 69.2. The largest absolute Gasteiger partial charge is 2.00 e. The Morgan fingerprint density at radius 1 is 0.761 bits per heavy atom. The third-order valence-electron chi connectivity index (χ3n) is 2.92. The molecular formula is C30H63Br2Cl2F5MgO2Si4. The Balaban J connectivity index is -0.0000000503. The van der Waals surface area contributed by atoms with E-state index in [0.29, 0.717) is 31.2 Å². The van der Waals surface area contributed by atoms with Crippen LogP contribution in [0, 0.1) is 6.92 Å². The van der Waals surface area contributed by atoms with Crippen molar-refractivity contribution < 1.29 is 48.5 Å². The van der Waals surface area contributed by atoms with Gasteiger partial charge in [-0.05, 0) is 26.1 Å². The zero-order chi connectivity index (χ0) is 37.1. The molecule has 0 fully saturated rings. The van der Waals surface area contributed by atoms with Crippen molar-refractivity contribution >= 4 is 93.7 Å². The van der Waals surface area contributed by atoms with Gasteiger partial charge in [0, 0.05) is 46.6 Å². The monoisotopic (exact) mass is 914 g/mol. The molecule has 0 spiro atoms. The van der Waals surface area contributed by atoms with Crippen molar-refractivity contribution in [2.75, 3.05) is 18.5 Å². The molecule has 0 saturated heterocycles. The van der Waals surface area contributed by atoms with E-state index in [4.69, 9.17) is 31.7 Å². The Kier molecular flexibility index (Phi) is 73.1. The molecule has 0 aliphatic heterocycles. The third kappa shape index (κ3) is 195. The second-order valence-electron chi connectivity index (χ2n) is 11.5. The number of halogens is 9. The zero-order valence-corrected chi connectivity index (χ0v) is 40.6. The molecule has 0 radical (unpaired) electrons. The molecule has 0 aliphatic carbocycles. The van der Waals surface area contributed by atoms with Crippen LogP contribution in [0.5, 0.6) is 0 Å². The Hall–Kier alpha value is 1.44. The van der Waals surface area contributed by atoms with Crippen LogP contribution in [0.4, 0.5) is 22.0 Å². The Bertz CT molecular complexity index is 693. The molecule has 0 atom stereocenters. The molecule has 0 unspecified atom stereocenters. The predicted molar refractivity (Wildman–Crippen MR) is 213 cm³/mol. The topological polar surface area (TPSA) is 29.5 Å². The van der Waals surface area contributed by atoms with Crippen LogP contribution in [0.3, 0.4) is 0 Å². The summed E-state index contributed by atoms with van der Waals surface area (Å²) in [5.74, 6) is -1.53. The smallest absolute Gasteiger partial charge is 1.00 e. The first-order chi connectivity index (χ1) is 19.6. The van der Waals surface area contributed by atoms with Crippen LogP contribution >= 0.6 is 38.1 Å². The van der Waals surface area contributed by atoms with Gasteiger partial charge >= 0.3 is 23.1 Å². The maximum atomic E-state index is 12.0. The van der Waals surface area contributed by atoms with Gasteiger partial charge in [-0.3, -0.25) is 0 Å². The van der Waals surface area contributed by atoms with E-state index in [1.807, 2.05) is 0 Å². The molecule has 2 nitrogen and oxygen atoms in total. The Labute approximate surface area is 330 Å². The van der Waals surface area contributed by atoms with Gasteiger partial charge in [0.05, 0.1) is 29.1 Å². The number of alkyl halides is 1. The third-order valence-corrected chi connectivity index (χ3v) is 5.83. The summed E-state index contributed by atoms with van der Waals surface area (Å²) in [6.07, 6.45) is 1.62. The van der Waals surface area contributed by atoms with Crippen molar-refractivity contribution in [3.63, 3.8) is 0 Å². The average Bonchev–Trinajstić information content (AvgIpc) is 2.76. The number of hydrogen-bond donors (Lipinski definition) is 1. The number of aliphatic hydroxyl groups excluding tert-OH is 1. The second kappa shape index (κ2) is 48.6. The second-order valence-corrected chi connectivity index (χ2v) is 32.3. The molecule has 0 aliphatic rings. The predicted octanol–water partition coefficient (Wildman–Crippen LogP) is 9.75. The van der Waals surface area contributed by atoms with Gasteiger partial charge < -0.3 is 33.4 Å². The summed E-state index contributed by atoms with van der Waals surface area (Å²) >= 11 is 14.1. The molecular weight excluding hydrogens is 855 g/mol. The van der Waals surface area contributed by atoms with Gasteiger partial charge in [-0.2, -0.15) is 22.2 Å². The Morgan fingerprint density at radius 2 is 1.04 bits per heavy atom. The van der Waals surface area contributed by atoms with Crippen LogP contribution in [0.2, 0.25) is 71.5 Å². The summed E-state index contributed by atoms with van der Waals surface area (Å²) in [6, 6.07) is 1.05. The molecule has 0 aromatic heterocycles. The van der Waals surface area contributed by atoms with Gasteiger partial charge in [-0.15, -0.1) is 6.42 Å². The fourth-order valence-electron chi connectivity index (χ4n) is 1.14. The van der Waals surface area contributed by atoms with Crippen molar-refractivity contribution in [2.45, 2.75) is 104 Å². The van der Waals surface area contributed by atoms with Gasteiger partial charge in [-0.1, -0.05) is 101 Å². The molecule has 0 aromatic carbocycles. The van der Waals surface area contributed by atoms with E-state index in [9.17, 15) is 22.0 Å². The van der Waals surface area contributed by atoms with Crippen molar-refractivity contribution in [1.29, 1.82) is 0 Å². The quantitative estimate of drug-likeness (QED) is 0.0696. The van der Waals surface area contributed by atoms with Gasteiger partial charge in [0.1, 0.15) is 15.5 Å². The first-order valence-corrected chi connectivity index (χ1v) is 30.4. The minimum Gasteiger partial charge on any atom is -1.00 e. The summed E-state index contributed by atoms with van der Waals surface area (Å²) in [5, 5.41) is 8.60. The first-order valence-electron chi connectivity index (χ1n) is 14.2. The van der Waals surface area contributed by atoms with E-state index in [2.05, 4.69) is 121 Å². The van der Waals surface area contributed by atoms with E-state index in [1.165, 1.54) is 0 Å². The molecule has 0 aromatic rings. The van der Waals surface area contributed by atoms with Gasteiger partial charge in [0.15, 0.2) is 8.32 Å². The van der Waals surface area contributed by atoms with Crippen LogP contribution in [0.15, 0.2) is 62.0 Å². The molecule has 0 saturated carbocycles. The van der Waals surface area contributed by atoms with Crippen molar-refractivity contribution in [3.8, 4) is 0 Å². The van der Waals surface area contributed by atoms with Gasteiger partial charge in [0.2, 0.25) is 0 Å². The van der Waals surface area contributed by atoms with Gasteiger partial charge in [-0.25, -0.2) is 22.0 Å². The van der Waals surface area contributed by atoms with Crippen molar-refractivity contribution in [3.05, 3.63) is 69.0 Å². The molecule has 0 bridgehead atoms. The van der Waals surface area contributed by atoms with Crippen LogP contribution < -0.4 is 17.0 Å². The normalized spacial score (nSPS) is 9.35. The summed E-state index contributed by atoms with van der Waals surface area (Å²) in [6.45, 7) is 39.9. The summed E-state index contributed by atoms with van der Waals surface area (Å²) < 4.78 is 63.3. The van der Waals surface area contributed by atoms with Crippen LogP contribution in [-0.4, -0.2) is 79.3 Å². The molecule has 0 heterocycles. The maximum absolute atomic E-state index is 12.0. The Morgan fingerprint density at radius 3 is 1.13 bits per heavy atom. The van der Waals surface area contributed by atoms with E-state index in [0.717, 1.165) is 6.04 Å². The summed E-state index contributed by atoms with van der Waals surface area (Å²) in [4.78, 5) is 0. The van der Waals surface area contributed by atoms with E-state index >= 15 is 0 Å². The molecule has 16 heteroatoms. The molecule has 276 valence electrons. The van der Waals surface area contributed by atoms with Gasteiger partial charge in [0.25, 0.3) is 0 Å². The standard InChI is InChI=1S/C7H15FOSi.C6H13FSi.C4H6BrF.C4H7FO.C4H6F.C3H9ClSi.C2H7ClSi.BrH.Mg/c1-7(8)5-6-9-10(2,3)4;1-6(7)4-5-8(2)3;1-4(6)2-3-5;1-4(5)2-3-6;1-3-4(2)5;1-5(2,3)4;1-4(2)3;;/h1,5-6H2,2-4H3;8H,1,4-5H2,2-3H3;1-3H2;6H,1-3H2;1-3H2;1-3H3;4H,1-2H3;1H;/q;;;;-1;;;;+2/p-1. The maximum Gasteiger partial charge on any atom is 2.00 e. The molecule has 46 heavy (non-hydrogen) atoms. The van der Waals surface area contributed by atoms with Crippen molar-refractivity contribution in [1.82, 2.24) is 0 Å². The molecule has 1 N–H and O–H groups in total. The number of rotatable bonds is 12. The average molecular weight is 918 g/mol. The minimum atomic E-state index is -1.43. The zero-order valence-electron chi connectivity index (χ0n) is 30.2. The molecule has 0 rings (SSSR count).